The number of benzene rings is 2. The zero-order chi connectivity index (χ0) is 18.7. The Labute approximate surface area is 158 Å². The molecule has 1 amide bonds. The van der Waals surface area contributed by atoms with E-state index in [0.29, 0.717) is 17.4 Å². The van der Waals surface area contributed by atoms with Crippen LogP contribution in [0.15, 0.2) is 54.7 Å². The molecule has 0 atom stereocenters. The van der Waals surface area contributed by atoms with E-state index in [0.717, 1.165) is 11.6 Å². The summed E-state index contributed by atoms with van der Waals surface area (Å²) in [5.74, 6) is -0.188. The maximum absolute atomic E-state index is 12.3. The number of hydrogen-bond acceptors (Lipinski definition) is 4. The van der Waals surface area contributed by atoms with Crippen molar-refractivity contribution >= 4 is 40.6 Å². The van der Waals surface area contributed by atoms with Crippen LogP contribution in [0.4, 0.5) is 11.5 Å². The van der Waals surface area contributed by atoms with Gasteiger partial charge in [-0.1, -0.05) is 35.3 Å². The van der Waals surface area contributed by atoms with Crippen molar-refractivity contribution < 1.29 is 9.72 Å². The summed E-state index contributed by atoms with van der Waals surface area (Å²) < 4.78 is 1.64. The summed E-state index contributed by atoms with van der Waals surface area (Å²) in [6.07, 6.45) is 1.71. The van der Waals surface area contributed by atoms with E-state index in [1.807, 2.05) is 18.2 Å². The lowest BCUT2D eigenvalue weighted by atomic mass is 10.2. The lowest BCUT2D eigenvalue weighted by Gasteiger charge is -2.04. The molecule has 3 rings (SSSR count). The number of carbonyl (C=O) groups excluding carboxylic acids is 1. The molecular weight excluding hydrogens is 379 g/mol. The molecule has 0 spiro atoms. The smallest absolute Gasteiger partial charge is 0.288 e. The van der Waals surface area contributed by atoms with Crippen LogP contribution in [-0.2, 0) is 6.54 Å². The van der Waals surface area contributed by atoms with Crippen LogP contribution in [0, 0.1) is 10.1 Å². The average Bonchev–Trinajstić information content (AvgIpc) is 3.01. The van der Waals surface area contributed by atoms with Crippen molar-refractivity contribution in [3.05, 3.63) is 86.0 Å². The molecule has 2 aromatic carbocycles. The number of rotatable bonds is 5. The highest BCUT2D eigenvalue weighted by Crippen LogP contribution is 2.25. The van der Waals surface area contributed by atoms with E-state index in [-0.39, 0.29) is 16.3 Å². The van der Waals surface area contributed by atoms with Crippen LogP contribution in [0.1, 0.15) is 15.9 Å². The molecule has 0 bridgehead atoms. The van der Waals surface area contributed by atoms with Gasteiger partial charge in [0.2, 0.25) is 0 Å². The van der Waals surface area contributed by atoms with Gasteiger partial charge in [-0.25, -0.2) is 0 Å². The van der Waals surface area contributed by atoms with Gasteiger partial charge < -0.3 is 5.32 Å². The summed E-state index contributed by atoms with van der Waals surface area (Å²) in [5, 5.41) is 18.4. The van der Waals surface area contributed by atoms with Crippen molar-refractivity contribution in [3.8, 4) is 0 Å². The molecule has 1 heterocycles. The van der Waals surface area contributed by atoms with E-state index < -0.39 is 10.8 Å². The van der Waals surface area contributed by atoms with Gasteiger partial charge in [0, 0.05) is 28.9 Å². The average molecular weight is 391 g/mol. The van der Waals surface area contributed by atoms with Gasteiger partial charge in [-0.05, 0) is 29.8 Å². The molecule has 0 aliphatic heterocycles. The molecule has 0 fully saturated rings. The van der Waals surface area contributed by atoms with Gasteiger partial charge >= 0.3 is 0 Å². The highest BCUT2D eigenvalue weighted by Gasteiger charge is 2.17. The molecule has 9 heteroatoms. The molecule has 0 saturated heterocycles. The van der Waals surface area contributed by atoms with Gasteiger partial charge in [0.1, 0.15) is 5.02 Å². The highest BCUT2D eigenvalue weighted by atomic mass is 35.5. The SMILES string of the molecule is O=C(Nc1ccn(Cc2cccc(Cl)c2)n1)c1ccc(Cl)c([N+](=O)[O-])c1. The Kier molecular flexibility index (Phi) is 5.20. The zero-order valence-corrected chi connectivity index (χ0v) is 14.7. The van der Waals surface area contributed by atoms with Crippen LogP contribution < -0.4 is 5.32 Å². The van der Waals surface area contributed by atoms with Gasteiger partial charge in [0.15, 0.2) is 5.82 Å². The summed E-state index contributed by atoms with van der Waals surface area (Å²) in [6.45, 7) is 0.489. The number of hydrogen-bond donors (Lipinski definition) is 1. The van der Waals surface area contributed by atoms with Crippen molar-refractivity contribution in [1.82, 2.24) is 9.78 Å². The van der Waals surface area contributed by atoms with Gasteiger partial charge in [0.25, 0.3) is 11.6 Å². The summed E-state index contributed by atoms with van der Waals surface area (Å²) in [5.41, 5.74) is 0.753. The van der Waals surface area contributed by atoms with Crippen molar-refractivity contribution in [3.63, 3.8) is 0 Å². The normalized spacial score (nSPS) is 10.5. The number of carbonyl (C=O) groups is 1. The van der Waals surface area contributed by atoms with Crippen molar-refractivity contribution in [2.24, 2.45) is 0 Å². The van der Waals surface area contributed by atoms with E-state index in [2.05, 4.69) is 10.4 Å². The number of nitrogens with zero attached hydrogens (tertiary/aromatic N) is 3. The Morgan fingerprint density at radius 1 is 1.19 bits per heavy atom. The number of aromatic nitrogens is 2. The van der Waals surface area contributed by atoms with Gasteiger partial charge in [-0.2, -0.15) is 5.10 Å². The first-order chi connectivity index (χ1) is 12.4. The van der Waals surface area contributed by atoms with E-state index in [4.69, 9.17) is 23.2 Å². The highest BCUT2D eigenvalue weighted by molar-refractivity contribution is 6.32. The Balaban J connectivity index is 1.72. The summed E-state index contributed by atoms with van der Waals surface area (Å²) in [6, 6.07) is 12.8. The number of halogens is 2. The van der Waals surface area contributed by atoms with Crippen LogP contribution in [0.3, 0.4) is 0 Å². The first-order valence-electron chi connectivity index (χ1n) is 7.45. The molecule has 0 aliphatic rings. The standard InChI is InChI=1S/C17H12Cl2N4O3/c18-13-3-1-2-11(8-13)10-22-7-6-16(21-22)20-17(24)12-4-5-14(19)15(9-12)23(25)26/h1-9H,10H2,(H,20,21,24). The fourth-order valence-electron chi connectivity index (χ4n) is 2.32. The predicted octanol–water partition coefficient (Wildman–Crippen LogP) is 4.40. The van der Waals surface area contributed by atoms with Crippen LogP contribution in [-0.4, -0.2) is 20.6 Å². The first-order valence-corrected chi connectivity index (χ1v) is 8.21. The second kappa shape index (κ2) is 7.55. The third kappa shape index (κ3) is 4.19. The van der Waals surface area contributed by atoms with Crippen molar-refractivity contribution in [2.75, 3.05) is 5.32 Å². The molecule has 132 valence electrons. The van der Waals surface area contributed by atoms with E-state index in [9.17, 15) is 14.9 Å². The second-order valence-electron chi connectivity index (χ2n) is 5.41. The van der Waals surface area contributed by atoms with E-state index >= 15 is 0 Å². The number of nitrogens with one attached hydrogen (secondary N) is 1. The van der Waals surface area contributed by atoms with Crippen LogP contribution >= 0.6 is 23.2 Å². The number of nitro groups is 1. The second-order valence-corrected chi connectivity index (χ2v) is 6.25. The van der Waals surface area contributed by atoms with Gasteiger partial charge in [-0.15, -0.1) is 0 Å². The number of nitro benzene ring substituents is 1. The molecule has 0 unspecified atom stereocenters. The quantitative estimate of drug-likeness (QED) is 0.516. The fourth-order valence-corrected chi connectivity index (χ4v) is 2.72. The maximum atomic E-state index is 12.3. The predicted molar refractivity (Wildman–Crippen MR) is 98.8 cm³/mol. The Morgan fingerprint density at radius 2 is 2.00 bits per heavy atom. The molecule has 1 aromatic heterocycles. The Bertz CT molecular complexity index is 988. The Hall–Kier alpha value is -2.90. The molecule has 26 heavy (non-hydrogen) atoms. The summed E-state index contributed by atoms with van der Waals surface area (Å²) >= 11 is 11.7. The van der Waals surface area contributed by atoms with E-state index in [1.165, 1.54) is 12.1 Å². The Morgan fingerprint density at radius 3 is 2.73 bits per heavy atom. The molecule has 7 nitrogen and oxygen atoms in total. The molecule has 3 aromatic rings. The monoisotopic (exact) mass is 390 g/mol. The lowest BCUT2D eigenvalue weighted by Crippen LogP contribution is -2.13. The van der Waals surface area contributed by atoms with E-state index in [1.54, 1.807) is 23.0 Å². The largest absolute Gasteiger partial charge is 0.305 e. The molecule has 0 aliphatic carbocycles. The molecular formula is C17H12Cl2N4O3. The minimum absolute atomic E-state index is 0.0302. The minimum Gasteiger partial charge on any atom is -0.305 e. The van der Waals surface area contributed by atoms with Gasteiger partial charge in [-0.3, -0.25) is 19.6 Å². The molecule has 0 radical (unpaired) electrons. The number of anilines is 1. The number of amides is 1. The molecule has 1 N–H and O–H groups in total. The third-order valence-electron chi connectivity index (χ3n) is 3.52. The minimum atomic E-state index is -0.640. The summed E-state index contributed by atoms with van der Waals surface area (Å²) in [7, 11) is 0. The zero-order valence-electron chi connectivity index (χ0n) is 13.2. The topological polar surface area (TPSA) is 90.1 Å². The van der Waals surface area contributed by atoms with Gasteiger partial charge in [0.05, 0.1) is 11.5 Å². The molecule has 0 saturated carbocycles. The van der Waals surface area contributed by atoms with Crippen molar-refractivity contribution in [1.29, 1.82) is 0 Å². The fraction of sp³-hybridized carbons (Fsp3) is 0.0588. The van der Waals surface area contributed by atoms with Crippen LogP contribution in [0.5, 0.6) is 0 Å². The van der Waals surface area contributed by atoms with Crippen LogP contribution in [0.2, 0.25) is 10.0 Å². The third-order valence-corrected chi connectivity index (χ3v) is 4.08. The lowest BCUT2D eigenvalue weighted by molar-refractivity contribution is -0.384. The summed E-state index contributed by atoms with van der Waals surface area (Å²) in [4.78, 5) is 22.5. The van der Waals surface area contributed by atoms with Crippen LogP contribution in [0.25, 0.3) is 0 Å². The first kappa shape index (κ1) is 17.9. The van der Waals surface area contributed by atoms with Crippen molar-refractivity contribution in [2.45, 2.75) is 6.54 Å². The maximum Gasteiger partial charge on any atom is 0.288 e.